The zero-order valence-corrected chi connectivity index (χ0v) is 22.9. The zero-order valence-electron chi connectivity index (χ0n) is 22.9. The van der Waals surface area contributed by atoms with Crippen LogP contribution in [-0.4, -0.2) is 41.7 Å². The van der Waals surface area contributed by atoms with Crippen LogP contribution < -0.4 is 10.1 Å². The van der Waals surface area contributed by atoms with E-state index in [2.05, 4.69) is 10.3 Å². The molecule has 212 valence electrons. The number of aliphatic hydroxyl groups is 1. The van der Waals surface area contributed by atoms with E-state index in [-0.39, 0.29) is 42.7 Å². The van der Waals surface area contributed by atoms with Crippen LogP contribution in [0.3, 0.4) is 0 Å². The van der Waals surface area contributed by atoms with Gasteiger partial charge in [0, 0.05) is 29.8 Å². The highest BCUT2D eigenvalue weighted by atomic mass is 16.6. The van der Waals surface area contributed by atoms with Crippen molar-refractivity contribution in [3.63, 3.8) is 0 Å². The molecule has 0 unspecified atom stereocenters. The summed E-state index contributed by atoms with van der Waals surface area (Å²) < 4.78 is 5.28. The van der Waals surface area contributed by atoms with Crippen LogP contribution in [0.1, 0.15) is 34.7 Å². The first-order valence-electron chi connectivity index (χ1n) is 13.4. The second-order valence-corrected chi connectivity index (χ2v) is 9.94. The minimum absolute atomic E-state index is 0.0128. The number of nitrogens with zero attached hydrogens (tertiary/aromatic N) is 2. The Morgan fingerprint density at radius 3 is 2.64 bits per heavy atom. The van der Waals surface area contributed by atoms with Crippen molar-refractivity contribution in [2.75, 3.05) is 13.7 Å². The molecule has 2 aliphatic rings. The molecule has 0 radical (unpaired) electrons. The van der Waals surface area contributed by atoms with E-state index < -0.39 is 11.0 Å². The van der Waals surface area contributed by atoms with E-state index in [0.717, 1.165) is 27.8 Å². The van der Waals surface area contributed by atoms with Crippen molar-refractivity contribution in [3.05, 3.63) is 122 Å². The summed E-state index contributed by atoms with van der Waals surface area (Å²) in [6, 6.07) is 17.1. The summed E-state index contributed by atoms with van der Waals surface area (Å²) in [5.41, 5.74) is 5.56. The predicted molar refractivity (Wildman–Crippen MR) is 160 cm³/mol. The van der Waals surface area contributed by atoms with Crippen molar-refractivity contribution >= 4 is 29.7 Å². The lowest BCUT2D eigenvalue weighted by atomic mass is 9.90. The molecule has 9 nitrogen and oxygen atoms in total. The van der Waals surface area contributed by atoms with Gasteiger partial charge in [0.15, 0.2) is 11.5 Å². The van der Waals surface area contributed by atoms with E-state index in [0.29, 0.717) is 23.1 Å². The third-order valence-corrected chi connectivity index (χ3v) is 7.25. The van der Waals surface area contributed by atoms with Gasteiger partial charge >= 0.3 is 5.69 Å². The molecule has 1 heterocycles. The second kappa shape index (κ2) is 12.6. The Hall–Kier alpha value is -5.15. The molecule has 2 N–H and O–H groups in total. The van der Waals surface area contributed by atoms with Crippen molar-refractivity contribution in [2.24, 2.45) is 4.99 Å². The number of allylic oxidation sites excluding steroid dienone is 5. The largest absolute Gasteiger partial charge is 0.490 e. The molecule has 42 heavy (non-hydrogen) atoms. The van der Waals surface area contributed by atoms with Crippen molar-refractivity contribution in [3.8, 4) is 16.9 Å². The maximum absolute atomic E-state index is 13.4. The van der Waals surface area contributed by atoms with Crippen molar-refractivity contribution in [2.45, 2.75) is 25.4 Å². The van der Waals surface area contributed by atoms with E-state index in [1.807, 2.05) is 60.7 Å². The highest BCUT2D eigenvalue weighted by Gasteiger charge is 2.21. The minimum Gasteiger partial charge on any atom is -0.490 e. The van der Waals surface area contributed by atoms with Gasteiger partial charge in [0.05, 0.1) is 37.6 Å². The number of nitro groups is 1. The number of amides is 1. The number of aliphatic imine (C=N–C) groups is 1. The Balaban J connectivity index is 1.58. The first kappa shape index (κ1) is 28.4. The van der Waals surface area contributed by atoms with Crippen LogP contribution in [-0.2, 0) is 22.6 Å². The van der Waals surface area contributed by atoms with Crippen LogP contribution in [0, 0.1) is 10.1 Å². The Kier molecular flexibility index (Phi) is 8.50. The fourth-order valence-corrected chi connectivity index (χ4v) is 5.15. The number of rotatable bonds is 8. The highest BCUT2D eigenvalue weighted by molar-refractivity contribution is 6.08. The van der Waals surface area contributed by atoms with Gasteiger partial charge in [-0.15, -0.1) is 0 Å². The third kappa shape index (κ3) is 6.11. The van der Waals surface area contributed by atoms with Crippen LogP contribution in [0.4, 0.5) is 5.69 Å². The monoisotopic (exact) mass is 563 g/mol. The van der Waals surface area contributed by atoms with Gasteiger partial charge in [0.25, 0.3) is 0 Å². The average Bonchev–Trinajstić information content (AvgIpc) is 3.09. The molecular formula is C33H29N3O6. The van der Waals surface area contributed by atoms with Gasteiger partial charge in [-0.1, -0.05) is 60.7 Å². The number of hydrogen-bond donors (Lipinski definition) is 2. The number of hydrogen-bond acceptors (Lipinski definition) is 7. The first-order valence-corrected chi connectivity index (χ1v) is 13.4. The summed E-state index contributed by atoms with van der Waals surface area (Å²) in [6.45, 7) is 0.0198. The first-order chi connectivity index (χ1) is 20.4. The van der Waals surface area contributed by atoms with Gasteiger partial charge in [0.2, 0.25) is 5.91 Å². The summed E-state index contributed by atoms with van der Waals surface area (Å²) in [5, 5.41) is 24.4. The van der Waals surface area contributed by atoms with Gasteiger partial charge in [-0.25, -0.2) is 0 Å². The maximum atomic E-state index is 13.4. The van der Waals surface area contributed by atoms with Gasteiger partial charge in [-0.05, 0) is 51.6 Å². The fraction of sp³-hybridized carbons (Fsp3) is 0.182. The highest BCUT2D eigenvalue weighted by Crippen LogP contribution is 2.35. The predicted octanol–water partition coefficient (Wildman–Crippen LogP) is 5.09. The normalized spacial score (nSPS) is 14.8. The number of ether oxygens (including phenoxy) is 1. The summed E-state index contributed by atoms with van der Waals surface area (Å²) in [6.07, 6.45) is 9.28. The minimum atomic E-state index is -0.578. The van der Waals surface area contributed by atoms with Crippen molar-refractivity contribution in [1.82, 2.24) is 5.32 Å². The molecule has 0 saturated carbocycles. The Morgan fingerprint density at radius 1 is 1.10 bits per heavy atom. The second-order valence-electron chi connectivity index (χ2n) is 9.94. The number of nitrogens with one attached hydrogen (secondary N) is 1. The van der Waals surface area contributed by atoms with E-state index in [1.54, 1.807) is 24.4 Å². The number of aliphatic hydroxyl groups excluding tert-OH is 1. The SMILES string of the molecule is COc1cc(-c2cc3c(c(CC(=O)N[C@@H](CO)c4ccccc4)c2)C=CC2=C(C=CCC2=O)C=NC3)ccc1[N+](=O)[O-]. The van der Waals surface area contributed by atoms with Gasteiger partial charge in [0.1, 0.15) is 0 Å². The molecule has 1 atom stereocenters. The molecule has 3 aromatic carbocycles. The number of benzene rings is 3. The summed E-state index contributed by atoms with van der Waals surface area (Å²) >= 11 is 0. The lowest BCUT2D eigenvalue weighted by Gasteiger charge is -2.19. The number of carbonyl (C=O) groups excluding carboxylic acids is 2. The molecule has 3 aromatic rings. The standard InChI is InChI=1S/C33H29N3O6/c1-42-32-16-22(10-13-30(32)36(40)41)24-14-25(17-33(39)35-29(20-37)21-6-3-2-4-7-21)27-11-12-28-23(8-5-9-31(28)38)18-34-19-26(27)15-24/h2-8,10-16,18,29,37H,9,17,19-20H2,1H3,(H,35,39)/t29-/m0/s1. The maximum Gasteiger partial charge on any atom is 0.310 e. The van der Waals surface area contributed by atoms with Crippen LogP contribution >= 0.6 is 0 Å². The van der Waals surface area contributed by atoms with Crippen LogP contribution in [0.25, 0.3) is 17.2 Å². The lowest BCUT2D eigenvalue weighted by Crippen LogP contribution is -2.32. The molecule has 1 aliphatic heterocycles. The molecule has 0 saturated heterocycles. The Labute approximate surface area is 242 Å². The van der Waals surface area contributed by atoms with E-state index in [1.165, 1.54) is 13.2 Å². The van der Waals surface area contributed by atoms with Gasteiger partial charge < -0.3 is 15.2 Å². The molecule has 0 bridgehead atoms. The molecule has 5 rings (SSSR count). The summed E-state index contributed by atoms with van der Waals surface area (Å²) in [4.78, 5) is 41.6. The number of carbonyl (C=O) groups is 2. The average molecular weight is 564 g/mol. The van der Waals surface area contributed by atoms with Gasteiger partial charge in [-0.3, -0.25) is 24.7 Å². The van der Waals surface area contributed by atoms with Gasteiger partial charge in [-0.2, -0.15) is 0 Å². The summed E-state index contributed by atoms with van der Waals surface area (Å²) in [5.74, 6) is -0.192. The van der Waals surface area contributed by atoms with Crippen molar-refractivity contribution < 1.29 is 24.4 Å². The van der Waals surface area contributed by atoms with E-state index in [9.17, 15) is 24.8 Å². The smallest absolute Gasteiger partial charge is 0.310 e. The Bertz CT molecular complexity index is 1670. The molecule has 0 fully saturated rings. The van der Waals surface area contributed by atoms with E-state index >= 15 is 0 Å². The molecule has 0 spiro atoms. The number of ketones is 1. The fourth-order valence-electron chi connectivity index (χ4n) is 5.15. The molecular weight excluding hydrogens is 534 g/mol. The zero-order chi connectivity index (χ0) is 29.6. The number of fused-ring (bicyclic) bond motifs is 1. The van der Waals surface area contributed by atoms with Crippen LogP contribution in [0.15, 0.2) is 95.0 Å². The molecule has 9 heteroatoms. The van der Waals surface area contributed by atoms with Crippen LogP contribution in [0.5, 0.6) is 5.75 Å². The third-order valence-electron chi connectivity index (χ3n) is 7.25. The quantitative estimate of drug-likeness (QED) is 0.290. The molecule has 0 aromatic heterocycles. The number of nitro benzene ring substituents is 1. The summed E-state index contributed by atoms with van der Waals surface area (Å²) in [7, 11) is 1.38. The number of Topliss-reactive ketones (excluding diaryl/α,β-unsaturated/α-hetero) is 1. The topological polar surface area (TPSA) is 131 Å². The number of methoxy groups -OCH3 is 1. The molecule has 1 amide bonds. The molecule has 1 aliphatic carbocycles. The van der Waals surface area contributed by atoms with E-state index in [4.69, 9.17) is 4.74 Å². The van der Waals surface area contributed by atoms with Crippen molar-refractivity contribution in [1.29, 1.82) is 0 Å². The lowest BCUT2D eigenvalue weighted by molar-refractivity contribution is -0.385. The Morgan fingerprint density at radius 2 is 1.90 bits per heavy atom. The van der Waals surface area contributed by atoms with Crippen LogP contribution in [0.2, 0.25) is 0 Å².